The van der Waals surface area contributed by atoms with Crippen molar-refractivity contribution in [1.82, 2.24) is 5.32 Å². The van der Waals surface area contributed by atoms with Gasteiger partial charge in [0.15, 0.2) is 0 Å². The Kier molecular flexibility index (Phi) is 6.46. The number of benzene rings is 1. The number of amides is 1. The fraction of sp³-hybridized carbons (Fsp3) is 0.308. The van der Waals surface area contributed by atoms with E-state index < -0.39 is 0 Å². The molecule has 0 fully saturated rings. The molecule has 0 heterocycles. The van der Waals surface area contributed by atoms with E-state index in [-0.39, 0.29) is 5.91 Å². The Morgan fingerprint density at radius 3 is 2.78 bits per heavy atom. The van der Waals surface area contributed by atoms with Gasteiger partial charge >= 0.3 is 0 Å². The van der Waals surface area contributed by atoms with E-state index >= 15 is 0 Å². The van der Waals surface area contributed by atoms with Crippen LogP contribution in [0.4, 0.5) is 0 Å². The number of ether oxygens (including phenoxy) is 2. The van der Waals surface area contributed by atoms with Crippen LogP contribution in [-0.2, 0) is 4.74 Å². The van der Waals surface area contributed by atoms with E-state index in [2.05, 4.69) is 27.8 Å². The molecule has 0 saturated heterocycles. The van der Waals surface area contributed by atoms with Gasteiger partial charge in [-0.3, -0.25) is 4.79 Å². The Morgan fingerprint density at radius 2 is 2.11 bits per heavy atom. The lowest BCUT2D eigenvalue weighted by Crippen LogP contribution is -2.25. The smallest absolute Gasteiger partial charge is 0.255 e. The van der Waals surface area contributed by atoms with E-state index in [0.29, 0.717) is 35.6 Å². The minimum absolute atomic E-state index is 0.191. The number of para-hydroxylation sites is 1. The summed E-state index contributed by atoms with van der Waals surface area (Å²) in [7, 11) is 1.60. The Bertz CT molecular complexity index is 420. The maximum absolute atomic E-state index is 11.9. The van der Waals surface area contributed by atoms with Crippen molar-refractivity contribution in [3.8, 4) is 5.75 Å². The molecule has 1 N–H and O–H groups in total. The normalized spacial score (nSPS) is 9.89. The minimum Gasteiger partial charge on any atom is -0.490 e. The predicted octanol–water partition coefficient (Wildman–Crippen LogP) is 2.35. The monoisotopic (exact) mass is 313 g/mol. The summed E-state index contributed by atoms with van der Waals surface area (Å²) in [6, 6.07) is 7.09. The third-order valence-corrected chi connectivity index (χ3v) is 2.40. The van der Waals surface area contributed by atoms with E-state index in [9.17, 15) is 4.79 Å². The highest BCUT2D eigenvalue weighted by Crippen LogP contribution is 2.17. The van der Waals surface area contributed by atoms with E-state index in [1.807, 2.05) is 6.07 Å². The molecule has 0 saturated carbocycles. The van der Waals surface area contributed by atoms with Gasteiger partial charge < -0.3 is 14.8 Å². The highest BCUT2D eigenvalue weighted by atomic mass is 79.9. The van der Waals surface area contributed by atoms with Crippen LogP contribution < -0.4 is 10.1 Å². The molecule has 0 aliphatic carbocycles. The molecule has 0 aliphatic rings. The molecular formula is C13H16BrNO3. The summed E-state index contributed by atoms with van der Waals surface area (Å²) in [6.07, 6.45) is 0. The van der Waals surface area contributed by atoms with Crippen molar-refractivity contribution >= 4 is 21.8 Å². The van der Waals surface area contributed by atoms with Gasteiger partial charge in [0.2, 0.25) is 0 Å². The topological polar surface area (TPSA) is 47.6 Å². The lowest BCUT2D eigenvalue weighted by molar-refractivity contribution is 0.0950. The number of carbonyl (C=O) groups excluding carboxylic acids is 1. The zero-order chi connectivity index (χ0) is 13.4. The number of hydrogen-bond acceptors (Lipinski definition) is 3. The van der Waals surface area contributed by atoms with Crippen LogP contribution in [0.25, 0.3) is 0 Å². The summed E-state index contributed by atoms with van der Waals surface area (Å²) in [5.74, 6) is 0.357. The molecule has 0 atom stereocenters. The molecule has 0 unspecified atom stereocenters. The number of rotatable bonds is 7. The average molecular weight is 314 g/mol. The molecule has 5 heteroatoms. The minimum atomic E-state index is -0.191. The second kappa shape index (κ2) is 7.89. The van der Waals surface area contributed by atoms with Crippen LogP contribution in [0.15, 0.2) is 35.3 Å². The van der Waals surface area contributed by atoms with E-state index in [0.717, 1.165) is 0 Å². The van der Waals surface area contributed by atoms with Gasteiger partial charge in [0.25, 0.3) is 5.91 Å². The first-order valence-electron chi connectivity index (χ1n) is 5.47. The zero-order valence-corrected chi connectivity index (χ0v) is 11.8. The van der Waals surface area contributed by atoms with Crippen molar-refractivity contribution in [2.45, 2.75) is 0 Å². The maximum atomic E-state index is 11.9. The Labute approximate surface area is 115 Å². The highest BCUT2D eigenvalue weighted by Gasteiger charge is 2.11. The second-order valence-corrected chi connectivity index (χ2v) is 4.66. The average Bonchev–Trinajstić information content (AvgIpc) is 2.37. The molecule has 1 amide bonds. The Hall–Kier alpha value is -1.33. The molecule has 0 aromatic heterocycles. The summed E-state index contributed by atoms with van der Waals surface area (Å²) in [5.41, 5.74) is 0.502. The SMILES string of the molecule is C=C(Br)CNC(=O)c1ccccc1OCCOC. The quantitative estimate of drug-likeness (QED) is 0.786. The lowest BCUT2D eigenvalue weighted by Gasteiger charge is -2.11. The van der Waals surface area contributed by atoms with Gasteiger partial charge in [-0.1, -0.05) is 34.6 Å². The molecule has 4 nitrogen and oxygen atoms in total. The largest absolute Gasteiger partial charge is 0.490 e. The molecule has 18 heavy (non-hydrogen) atoms. The van der Waals surface area contributed by atoms with Crippen LogP contribution in [0.5, 0.6) is 5.75 Å². The Morgan fingerprint density at radius 1 is 1.39 bits per heavy atom. The number of methoxy groups -OCH3 is 1. The van der Waals surface area contributed by atoms with Crippen molar-refractivity contribution in [2.75, 3.05) is 26.9 Å². The van der Waals surface area contributed by atoms with E-state index in [1.165, 1.54) is 0 Å². The number of halogens is 1. The molecule has 1 aromatic carbocycles. The lowest BCUT2D eigenvalue weighted by atomic mass is 10.2. The van der Waals surface area contributed by atoms with Crippen LogP contribution >= 0.6 is 15.9 Å². The molecule has 0 radical (unpaired) electrons. The standard InChI is InChI=1S/C13H16BrNO3/c1-10(14)9-15-13(16)11-5-3-4-6-12(11)18-8-7-17-2/h3-6H,1,7-9H2,2H3,(H,15,16). The fourth-order valence-corrected chi connectivity index (χ4v) is 1.43. The van der Waals surface area contributed by atoms with Gasteiger partial charge in [0, 0.05) is 18.1 Å². The van der Waals surface area contributed by atoms with Gasteiger partial charge in [-0.15, -0.1) is 0 Å². The molecule has 1 aromatic rings. The first-order valence-corrected chi connectivity index (χ1v) is 6.26. The third kappa shape index (κ3) is 4.89. The van der Waals surface area contributed by atoms with Gasteiger partial charge in [0.05, 0.1) is 12.2 Å². The summed E-state index contributed by atoms with van der Waals surface area (Å²) in [5, 5.41) is 2.73. The molecular weight excluding hydrogens is 298 g/mol. The summed E-state index contributed by atoms with van der Waals surface area (Å²) >= 11 is 3.19. The van der Waals surface area contributed by atoms with Crippen LogP contribution in [0.3, 0.4) is 0 Å². The van der Waals surface area contributed by atoms with Crippen molar-refractivity contribution in [1.29, 1.82) is 0 Å². The summed E-state index contributed by atoms with van der Waals surface area (Å²) in [4.78, 5) is 11.9. The molecule has 0 aliphatic heterocycles. The number of nitrogens with one attached hydrogen (secondary N) is 1. The van der Waals surface area contributed by atoms with Crippen LogP contribution in [0.2, 0.25) is 0 Å². The number of carbonyl (C=O) groups is 1. The van der Waals surface area contributed by atoms with Crippen molar-refractivity contribution in [3.05, 3.63) is 40.9 Å². The van der Waals surface area contributed by atoms with Crippen LogP contribution in [-0.4, -0.2) is 32.8 Å². The Balaban J connectivity index is 2.68. The van der Waals surface area contributed by atoms with E-state index in [1.54, 1.807) is 25.3 Å². The van der Waals surface area contributed by atoms with Gasteiger partial charge in [-0.05, 0) is 12.1 Å². The molecule has 98 valence electrons. The van der Waals surface area contributed by atoms with Crippen LogP contribution in [0, 0.1) is 0 Å². The maximum Gasteiger partial charge on any atom is 0.255 e. The molecule has 1 rings (SSSR count). The van der Waals surface area contributed by atoms with Crippen LogP contribution in [0.1, 0.15) is 10.4 Å². The van der Waals surface area contributed by atoms with E-state index in [4.69, 9.17) is 9.47 Å². The van der Waals surface area contributed by atoms with Crippen molar-refractivity contribution in [2.24, 2.45) is 0 Å². The molecule has 0 bridgehead atoms. The van der Waals surface area contributed by atoms with Gasteiger partial charge in [-0.2, -0.15) is 0 Å². The second-order valence-electron chi connectivity index (χ2n) is 3.54. The predicted molar refractivity (Wildman–Crippen MR) is 74.2 cm³/mol. The van der Waals surface area contributed by atoms with Crippen molar-refractivity contribution in [3.63, 3.8) is 0 Å². The zero-order valence-electron chi connectivity index (χ0n) is 10.2. The van der Waals surface area contributed by atoms with Gasteiger partial charge in [0.1, 0.15) is 12.4 Å². The third-order valence-electron chi connectivity index (χ3n) is 2.12. The highest BCUT2D eigenvalue weighted by molar-refractivity contribution is 9.11. The summed E-state index contributed by atoms with van der Waals surface area (Å²) in [6.45, 7) is 4.93. The first kappa shape index (κ1) is 14.7. The first-order chi connectivity index (χ1) is 8.65. The fourth-order valence-electron chi connectivity index (χ4n) is 1.29. The van der Waals surface area contributed by atoms with Crippen molar-refractivity contribution < 1.29 is 14.3 Å². The molecule has 0 spiro atoms. The van der Waals surface area contributed by atoms with Gasteiger partial charge in [-0.25, -0.2) is 0 Å². The summed E-state index contributed by atoms with van der Waals surface area (Å²) < 4.78 is 11.1. The number of hydrogen-bond donors (Lipinski definition) is 1.